The van der Waals surface area contributed by atoms with E-state index in [1.165, 1.54) is 12.0 Å². The van der Waals surface area contributed by atoms with Crippen molar-refractivity contribution in [3.05, 3.63) is 60.0 Å². The molecule has 0 aliphatic carbocycles. The fourth-order valence-electron chi connectivity index (χ4n) is 3.95. The molecule has 1 aromatic carbocycles. The van der Waals surface area contributed by atoms with Crippen LogP contribution in [0.5, 0.6) is 0 Å². The summed E-state index contributed by atoms with van der Waals surface area (Å²) in [5, 5.41) is 0. The summed E-state index contributed by atoms with van der Waals surface area (Å²) in [4.78, 5) is 12.0. The molecule has 152 valence electrons. The lowest BCUT2D eigenvalue weighted by molar-refractivity contribution is 0.159. The molecule has 1 aliphatic heterocycles. The number of pyridine rings is 1. The van der Waals surface area contributed by atoms with Gasteiger partial charge in [-0.1, -0.05) is 25.1 Å². The monoisotopic (exact) mass is 384 g/mol. The highest BCUT2D eigenvalue weighted by molar-refractivity contribution is 5.37. The van der Waals surface area contributed by atoms with Crippen molar-refractivity contribution in [2.24, 2.45) is 0 Å². The van der Waals surface area contributed by atoms with Crippen LogP contribution in [-0.2, 0) is 6.42 Å². The number of benzene rings is 1. The molecule has 0 bridgehead atoms. The Labute approximate surface area is 169 Å². The second-order valence-electron chi connectivity index (χ2n) is 7.68. The summed E-state index contributed by atoms with van der Waals surface area (Å²) in [6.07, 6.45) is 4.01. The predicted molar refractivity (Wildman–Crippen MR) is 114 cm³/mol. The van der Waals surface area contributed by atoms with Gasteiger partial charge in [0.2, 0.25) is 0 Å². The van der Waals surface area contributed by atoms with E-state index in [2.05, 4.69) is 45.7 Å². The Morgan fingerprint density at radius 2 is 1.89 bits per heavy atom. The molecule has 0 N–H and O–H groups in total. The fraction of sp³-hybridized carbons (Fsp3) is 0.522. The van der Waals surface area contributed by atoms with Crippen LogP contribution in [0, 0.1) is 5.82 Å². The summed E-state index contributed by atoms with van der Waals surface area (Å²) in [6.45, 7) is 12.0. The topological polar surface area (TPSA) is 22.6 Å². The second kappa shape index (κ2) is 10.5. The minimum absolute atomic E-state index is 0.161. The van der Waals surface area contributed by atoms with Gasteiger partial charge in [-0.25, -0.2) is 9.37 Å². The average Bonchev–Trinajstić information content (AvgIpc) is 2.99. The van der Waals surface area contributed by atoms with Gasteiger partial charge in [0.15, 0.2) is 0 Å². The summed E-state index contributed by atoms with van der Waals surface area (Å²) >= 11 is 0. The van der Waals surface area contributed by atoms with E-state index < -0.39 is 0 Å². The quantitative estimate of drug-likeness (QED) is 0.692. The Morgan fingerprint density at radius 3 is 2.61 bits per heavy atom. The predicted octanol–water partition coefficient (Wildman–Crippen LogP) is 3.69. The lowest BCUT2D eigenvalue weighted by atomic mass is 10.1. The molecule has 3 rings (SSSR count). The molecule has 1 fully saturated rings. The maximum absolute atomic E-state index is 13.1. The van der Waals surface area contributed by atoms with Gasteiger partial charge in [-0.15, -0.1) is 0 Å². The van der Waals surface area contributed by atoms with Gasteiger partial charge in [-0.3, -0.25) is 4.90 Å². The van der Waals surface area contributed by atoms with Gasteiger partial charge < -0.3 is 9.80 Å². The molecule has 28 heavy (non-hydrogen) atoms. The first-order chi connectivity index (χ1) is 13.7. The molecule has 0 radical (unpaired) electrons. The highest BCUT2D eigenvalue weighted by Crippen LogP contribution is 2.15. The lowest BCUT2D eigenvalue weighted by Gasteiger charge is -2.32. The summed E-state index contributed by atoms with van der Waals surface area (Å²) in [7, 11) is 0. The molecule has 2 aromatic rings. The molecule has 0 amide bonds. The van der Waals surface area contributed by atoms with E-state index >= 15 is 0 Å². The van der Waals surface area contributed by atoms with Gasteiger partial charge in [0.1, 0.15) is 11.6 Å². The minimum atomic E-state index is -0.161. The number of anilines is 1. The van der Waals surface area contributed by atoms with Gasteiger partial charge in [0.05, 0.1) is 0 Å². The zero-order chi connectivity index (χ0) is 19.8. The molecular weight excluding hydrogens is 351 g/mol. The molecule has 1 atom stereocenters. The molecule has 0 saturated carbocycles. The van der Waals surface area contributed by atoms with Gasteiger partial charge in [0.25, 0.3) is 0 Å². The Hall–Kier alpha value is -1.98. The van der Waals surface area contributed by atoms with E-state index in [1.54, 1.807) is 12.1 Å². The van der Waals surface area contributed by atoms with Crippen LogP contribution in [0.15, 0.2) is 48.7 Å². The molecule has 5 heteroatoms. The van der Waals surface area contributed by atoms with Crippen LogP contribution in [-0.4, -0.2) is 66.6 Å². The van der Waals surface area contributed by atoms with Crippen molar-refractivity contribution in [1.29, 1.82) is 0 Å². The second-order valence-corrected chi connectivity index (χ2v) is 7.68. The summed E-state index contributed by atoms with van der Waals surface area (Å²) in [5.41, 5.74) is 1.20. The number of aromatic nitrogens is 1. The Kier molecular flexibility index (Phi) is 7.80. The smallest absolute Gasteiger partial charge is 0.128 e. The van der Waals surface area contributed by atoms with Crippen molar-refractivity contribution < 1.29 is 4.39 Å². The van der Waals surface area contributed by atoms with E-state index in [1.807, 2.05) is 24.4 Å². The van der Waals surface area contributed by atoms with Gasteiger partial charge >= 0.3 is 0 Å². The van der Waals surface area contributed by atoms with E-state index in [0.717, 1.165) is 58.1 Å². The maximum Gasteiger partial charge on any atom is 0.128 e. The van der Waals surface area contributed by atoms with Crippen molar-refractivity contribution in [2.45, 2.75) is 32.7 Å². The highest BCUT2D eigenvalue weighted by atomic mass is 19.1. The number of likely N-dealkylation sites (N-methyl/N-ethyl adjacent to an activating group) is 1. The Balaban J connectivity index is 1.48. The zero-order valence-electron chi connectivity index (χ0n) is 17.2. The number of halogens is 1. The first kappa shape index (κ1) is 20.7. The standard InChI is InChI=1S/C23H33FN4/c1-3-26(16-12-21-8-10-22(24)11-9-21)19-20(2)27-14-6-15-28(18-17-27)23-7-4-5-13-25-23/h4-5,7-11,13,20H,3,6,12,14-19H2,1-2H3. The fourth-order valence-corrected chi connectivity index (χ4v) is 3.95. The summed E-state index contributed by atoms with van der Waals surface area (Å²) in [5.74, 6) is 0.928. The van der Waals surface area contributed by atoms with Crippen LogP contribution >= 0.6 is 0 Å². The van der Waals surface area contributed by atoms with Crippen LogP contribution in [0.1, 0.15) is 25.8 Å². The van der Waals surface area contributed by atoms with E-state index in [9.17, 15) is 4.39 Å². The van der Waals surface area contributed by atoms with Gasteiger partial charge in [-0.2, -0.15) is 0 Å². The van der Waals surface area contributed by atoms with Crippen LogP contribution in [0.3, 0.4) is 0 Å². The van der Waals surface area contributed by atoms with Crippen molar-refractivity contribution in [1.82, 2.24) is 14.8 Å². The van der Waals surface area contributed by atoms with E-state index in [4.69, 9.17) is 0 Å². The third kappa shape index (κ3) is 6.01. The molecule has 1 unspecified atom stereocenters. The van der Waals surface area contributed by atoms with Crippen LogP contribution in [0.4, 0.5) is 10.2 Å². The molecular formula is C23H33FN4. The summed E-state index contributed by atoms with van der Waals surface area (Å²) < 4.78 is 13.1. The van der Waals surface area contributed by atoms with Crippen molar-refractivity contribution in [2.75, 3.05) is 50.7 Å². The maximum atomic E-state index is 13.1. The van der Waals surface area contributed by atoms with Crippen molar-refractivity contribution in [3.63, 3.8) is 0 Å². The first-order valence-electron chi connectivity index (χ1n) is 10.5. The largest absolute Gasteiger partial charge is 0.355 e. The number of hydrogen-bond acceptors (Lipinski definition) is 4. The Morgan fingerprint density at radius 1 is 1.07 bits per heavy atom. The highest BCUT2D eigenvalue weighted by Gasteiger charge is 2.21. The molecule has 0 spiro atoms. The zero-order valence-corrected chi connectivity index (χ0v) is 17.2. The van der Waals surface area contributed by atoms with Crippen molar-refractivity contribution >= 4 is 5.82 Å². The van der Waals surface area contributed by atoms with Crippen LogP contribution in [0.25, 0.3) is 0 Å². The molecule has 4 nitrogen and oxygen atoms in total. The van der Waals surface area contributed by atoms with Gasteiger partial charge in [-0.05, 0) is 56.1 Å². The van der Waals surface area contributed by atoms with Crippen molar-refractivity contribution in [3.8, 4) is 0 Å². The molecule has 1 aliphatic rings. The Bertz CT molecular complexity index is 692. The minimum Gasteiger partial charge on any atom is -0.355 e. The summed E-state index contributed by atoms with van der Waals surface area (Å²) in [6, 6.07) is 13.6. The number of nitrogens with zero attached hydrogens (tertiary/aromatic N) is 4. The van der Waals surface area contributed by atoms with E-state index in [0.29, 0.717) is 6.04 Å². The average molecular weight is 385 g/mol. The third-order valence-electron chi connectivity index (χ3n) is 5.73. The van der Waals surface area contributed by atoms with Crippen LogP contribution in [0.2, 0.25) is 0 Å². The third-order valence-corrected chi connectivity index (χ3v) is 5.73. The van der Waals surface area contributed by atoms with Gasteiger partial charge in [0, 0.05) is 51.5 Å². The number of hydrogen-bond donors (Lipinski definition) is 0. The normalized spacial score (nSPS) is 16.9. The number of rotatable bonds is 8. The molecule has 2 heterocycles. The molecule has 1 saturated heterocycles. The molecule has 1 aromatic heterocycles. The van der Waals surface area contributed by atoms with Crippen LogP contribution < -0.4 is 4.90 Å². The first-order valence-corrected chi connectivity index (χ1v) is 10.5. The lowest BCUT2D eigenvalue weighted by Crippen LogP contribution is -2.44. The van der Waals surface area contributed by atoms with E-state index in [-0.39, 0.29) is 5.82 Å². The SMILES string of the molecule is CCN(CCc1ccc(F)cc1)CC(C)N1CCCN(c2ccccn2)CC1.